The lowest BCUT2D eigenvalue weighted by atomic mass is 9.83. The molecule has 2 N–H and O–H groups in total. The minimum Gasteiger partial charge on any atom is -0.481 e. The smallest absolute Gasteiger partial charge is 0.317 e. The first-order valence-corrected chi connectivity index (χ1v) is 6.30. The van der Waals surface area contributed by atoms with Gasteiger partial charge in [-0.1, -0.05) is 19.3 Å². The maximum absolute atomic E-state index is 11.9. The quantitative estimate of drug-likeness (QED) is 0.767. The third-order valence-corrected chi connectivity index (χ3v) is 3.88. The summed E-state index contributed by atoms with van der Waals surface area (Å²) in [6.07, 6.45) is 5.61. The average molecular weight is 240 g/mol. The van der Waals surface area contributed by atoms with Crippen LogP contribution in [0, 0.1) is 5.92 Å². The minimum absolute atomic E-state index is 0.0936. The van der Waals surface area contributed by atoms with Crippen LogP contribution in [0.1, 0.15) is 39.0 Å². The number of likely N-dealkylation sites (tertiary alicyclic amines) is 1. The number of nitrogens with zero attached hydrogens (tertiary/aromatic N) is 1. The fourth-order valence-electron chi connectivity index (χ4n) is 2.59. The molecular formula is C12H20N2O3. The van der Waals surface area contributed by atoms with Crippen LogP contribution in [0.3, 0.4) is 0 Å². The number of hydrogen-bond acceptors (Lipinski definition) is 2. The summed E-state index contributed by atoms with van der Waals surface area (Å²) in [5.41, 5.74) is -0.0936. The van der Waals surface area contributed by atoms with Crippen LogP contribution in [0.5, 0.6) is 0 Å². The topological polar surface area (TPSA) is 69.6 Å². The van der Waals surface area contributed by atoms with E-state index in [4.69, 9.17) is 5.11 Å². The summed E-state index contributed by atoms with van der Waals surface area (Å²) in [5, 5.41) is 11.8. The van der Waals surface area contributed by atoms with Gasteiger partial charge in [-0.05, 0) is 19.8 Å². The van der Waals surface area contributed by atoms with E-state index in [1.807, 2.05) is 0 Å². The summed E-state index contributed by atoms with van der Waals surface area (Å²) in [5.74, 6) is -1.18. The molecule has 1 heterocycles. The van der Waals surface area contributed by atoms with E-state index in [-0.39, 0.29) is 17.5 Å². The van der Waals surface area contributed by atoms with Crippen molar-refractivity contribution in [3.05, 3.63) is 0 Å². The van der Waals surface area contributed by atoms with Gasteiger partial charge in [0.25, 0.3) is 0 Å². The summed E-state index contributed by atoms with van der Waals surface area (Å²) >= 11 is 0. The zero-order valence-electron chi connectivity index (χ0n) is 10.2. The lowest BCUT2D eigenvalue weighted by molar-refractivity contribution is -0.146. The molecule has 0 bridgehead atoms. The Morgan fingerprint density at radius 1 is 1.24 bits per heavy atom. The van der Waals surface area contributed by atoms with Gasteiger partial charge >= 0.3 is 12.0 Å². The number of aliphatic carboxylic acids is 1. The van der Waals surface area contributed by atoms with Crippen molar-refractivity contribution in [2.75, 3.05) is 13.1 Å². The zero-order valence-corrected chi connectivity index (χ0v) is 10.2. The second kappa shape index (κ2) is 4.55. The van der Waals surface area contributed by atoms with Crippen LogP contribution in [0.15, 0.2) is 0 Å². The molecule has 0 aromatic rings. The predicted molar refractivity (Wildman–Crippen MR) is 62.7 cm³/mol. The lowest BCUT2D eigenvalue weighted by Gasteiger charge is -2.41. The number of carboxylic acids is 1. The van der Waals surface area contributed by atoms with E-state index in [1.165, 1.54) is 6.42 Å². The van der Waals surface area contributed by atoms with Gasteiger partial charge in [0.2, 0.25) is 0 Å². The maximum atomic E-state index is 11.9. The molecule has 2 rings (SSSR count). The standard InChI is InChI=1S/C12H20N2O3/c1-12(5-3-2-4-6-12)13-11(17)14-7-9(8-14)10(15)16/h9H,2-8H2,1H3,(H,13,17)(H,15,16). The Hall–Kier alpha value is -1.26. The first-order valence-electron chi connectivity index (χ1n) is 6.30. The molecule has 0 atom stereocenters. The summed E-state index contributed by atoms with van der Waals surface area (Å²) in [7, 11) is 0. The van der Waals surface area contributed by atoms with Crippen molar-refractivity contribution in [1.82, 2.24) is 10.2 Å². The van der Waals surface area contributed by atoms with E-state index in [1.54, 1.807) is 4.90 Å². The van der Waals surface area contributed by atoms with E-state index in [0.29, 0.717) is 13.1 Å². The second-order valence-electron chi connectivity index (χ2n) is 5.49. The first kappa shape index (κ1) is 12.2. The van der Waals surface area contributed by atoms with Crippen LogP contribution >= 0.6 is 0 Å². The molecule has 1 saturated heterocycles. The van der Waals surface area contributed by atoms with Gasteiger partial charge in [-0.2, -0.15) is 0 Å². The average Bonchev–Trinajstić information content (AvgIpc) is 2.14. The molecule has 0 aromatic carbocycles. The van der Waals surface area contributed by atoms with Crippen molar-refractivity contribution in [3.63, 3.8) is 0 Å². The van der Waals surface area contributed by atoms with E-state index >= 15 is 0 Å². The molecule has 1 aliphatic heterocycles. The van der Waals surface area contributed by atoms with Gasteiger partial charge in [-0.25, -0.2) is 4.79 Å². The molecule has 2 fully saturated rings. The van der Waals surface area contributed by atoms with Crippen molar-refractivity contribution in [2.24, 2.45) is 5.92 Å². The number of carboxylic acid groups (broad SMARTS) is 1. The Morgan fingerprint density at radius 3 is 2.35 bits per heavy atom. The molecule has 1 saturated carbocycles. The highest BCUT2D eigenvalue weighted by Gasteiger charge is 2.38. The molecule has 0 aromatic heterocycles. The molecule has 0 unspecified atom stereocenters. The Bertz CT molecular complexity index is 318. The Labute approximate surface area is 101 Å². The predicted octanol–water partition coefficient (Wildman–Crippen LogP) is 1.44. The summed E-state index contributed by atoms with van der Waals surface area (Å²) < 4.78 is 0. The molecule has 1 aliphatic carbocycles. The fourth-order valence-corrected chi connectivity index (χ4v) is 2.59. The van der Waals surface area contributed by atoms with Crippen molar-refractivity contribution < 1.29 is 14.7 Å². The van der Waals surface area contributed by atoms with Crippen LogP contribution in [0.25, 0.3) is 0 Å². The van der Waals surface area contributed by atoms with E-state index < -0.39 is 5.97 Å². The summed E-state index contributed by atoms with van der Waals surface area (Å²) in [6.45, 7) is 2.77. The third kappa shape index (κ3) is 2.70. The number of carbonyl (C=O) groups excluding carboxylic acids is 1. The van der Waals surface area contributed by atoms with Gasteiger partial charge < -0.3 is 15.3 Å². The number of amides is 2. The molecule has 5 nitrogen and oxygen atoms in total. The number of urea groups is 1. The normalized spacial score (nSPS) is 23.9. The SMILES string of the molecule is CC1(NC(=O)N2CC(C(=O)O)C2)CCCCC1. The molecule has 96 valence electrons. The second-order valence-corrected chi connectivity index (χ2v) is 5.49. The van der Waals surface area contributed by atoms with Crippen LogP contribution in [0.2, 0.25) is 0 Å². The monoisotopic (exact) mass is 240 g/mol. The highest BCUT2D eigenvalue weighted by Crippen LogP contribution is 2.28. The molecule has 0 spiro atoms. The number of rotatable bonds is 2. The van der Waals surface area contributed by atoms with E-state index in [0.717, 1.165) is 25.7 Å². The molecule has 17 heavy (non-hydrogen) atoms. The number of nitrogens with one attached hydrogen (secondary N) is 1. The van der Waals surface area contributed by atoms with Crippen molar-refractivity contribution >= 4 is 12.0 Å². The van der Waals surface area contributed by atoms with Gasteiger partial charge in [-0.3, -0.25) is 4.79 Å². The van der Waals surface area contributed by atoms with Crippen LogP contribution in [-0.2, 0) is 4.79 Å². The largest absolute Gasteiger partial charge is 0.481 e. The van der Waals surface area contributed by atoms with Crippen molar-refractivity contribution in [1.29, 1.82) is 0 Å². The zero-order chi connectivity index (χ0) is 12.5. The molecule has 5 heteroatoms. The van der Waals surface area contributed by atoms with Crippen LogP contribution < -0.4 is 5.32 Å². The molecule has 2 aliphatic rings. The van der Waals surface area contributed by atoms with Crippen molar-refractivity contribution in [3.8, 4) is 0 Å². The highest BCUT2D eigenvalue weighted by molar-refractivity contribution is 5.80. The Balaban J connectivity index is 1.80. The Morgan fingerprint density at radius 2 is 1.82 bits per heavy atom. The minimum atomic E-state index is -0.807. The fraction of sp³-hybridized carbons (Fsp3) is 0.833. The van der Waals surface area contributed by atoms with Crippen molar-refractivity contribution in [2.45, 2.75) is 44.6 Å². The number of hydrogen-bond donors (Lipinski definition) is 2. The highest BCUT2D eigenvalue weighted by atomic mass is 16.4. The Kier molecular flexibility index (Phi) is 3.26. The van der Waals surface area contributed by atoms with E-state index in [2.05, 4.69) is 12.2 Å². The summed E-state index contributed by atoms with van der Waals surface area (Å²) in [6, 6.07) is -0.105. The van der Waals surface area contributed by atoms with Crippen LogP contribution in [0.4, 0.5) is 4.79 Å². The van der Waals surface area contributed by atoms with Gasteiger partial charge in [0, 0.05) is 18.6 Å². The molecule has 0 radical (unpaired) electrons. The third-order valence-electron chi connectivity index (χ3n) is 3.88. The lowest BCUT2D eigenvalue weighted by Crippen LogP contribution is -2.60. The number of carbonyl (C=O) groups is 2. The first-order chi connectivity index (χ1) is 8.00. The van der Waals surface area contributed by atoms with Gasteiger partial charge in [-0.15, -0.1) is 0 Å². The van der Waals surface area contributed by atoms with Gasteiger partial charge in [0.05, 0.1) is 5.92 Å². The van der Waals surface area contributed by atoms with Crippen LogP contribution in [-0.4, -0.2) is 40.6 Å². The molecule has 2 amide bonds. The van der Waals surface area contributed by atoms with E-state index in [9.17, 15) is 9.59 Å². The molecular weight excluding hydrogens is 220 g/mol. The maximum Gasteiger partial charge on any atom is 0.317 e. The van der Waals surface area contributed by atoms with Gasteiger partial charge in [0.1, 0.15) is 0 Å². The summed E-state index contributed by atoms with van der Waals surface area (Å²) in [4.78, 5) is 24.1. The van der Waals surface area contributed by atoms with Gasteiger partial charge in [0.15, 0.2) is 0 Å².